The number of ether oxygens (including phenoxy) is 1. The number of nitrogens with zero attached hydrogens (tertiary/aromatic N) is 3. The van der Waals surface area contributed by atoms with Gasteiger partial charge < -0.3 is 9.84 Å². The molecule has 2 aromatic heterocycles. The predicted octanol–water partition coefficient (Wildman–Crippen LogP) is 1.47. The Kier molecular flexibility index (Phi) is 2.85. The molecule has 1 atom stereocenters. The monoisotopic (exact) mass is 289 g/mol. The maximum atomic E-state index is 12.2. The highest BCUT2D eigenvalue weighted by atomic mass is 16.5. The zero-order valence-corrected chi connectivity index (χ0v) is 12.7. The van der Waals surface area contributed by atoms with Crippen LogP contribution in [0.1, 0.15) is 44.1 Å². The van der Waals surface area contributed by atoms with E-state index in [0.717, 1.165) is 11.4 Å². The lowest BCUT2D eigenvalue weighted by molar-refractivity contribution is -0.167. The molecule has 1 aliphatic carbocycles. The number of esters is 1. The van der Waals surface area contributed by atoms with E-state index in [4.69, 9.17) is 4.74 Å². The van der Waals surface area contributed by atoms with Crippen LogP contribution in [0.3, 0.4) is 0 Å². The van der Waals surface area contributed by atoms with E-state index >= 15 is 0 Å². The van der Waals surface area contributed by atoms with Crippen molar-refractivity contribution in [3.8, 4) is 0 Å². The first-order valence-electron chi connectivity index (χ1n) is 7.05. The number of fused-ring (bicyclic) bond motifs is 3. The normalized spacial score (nSPS) is 23.3. The van der Waals surface area contributed by atoms with Gasteiger partial charge in [-0.2, -0.15) is 5.10 Å². The lowest BCUT2D eigenvalue weighted by atomic mass is 9.87. The molecule has 0 fully saturated rings. The molecule has 0 saturated heterocycles. The van der Waals surface area contributed by atoms with Gasteiger partial charge in [-0.1, -0.05) is 13.8 Å². The molecule has 0 radical (unpaired) electrons. The van der Waals surface area contributed by atoms with Crippen molar-refractivity contribution in [1.82, 2.24) is 14.6 Å². The molecule has 21 heavy (non-hydrogen) atoms. The minimum absolute atomic E-state index is 0.230. The van der Waals surface area contributed by atoms with Crippen LogP contribution in [0, 0.1) is 6.92 Å². The fraction of sp³-hybridized carbons (Fsp3) is 0.533. The third-order valence-corrected chi connectivity index (χ3v) is 4.00. The maximum absolute atomic E-state index is 12.2. The standard InChI is InChI=1S/C15H19N3O3/c1-5-21-13(19)15(20)8-14(3,4)12-10(15)7-16-11-6-9(2)17-18(11)12/h6-7,20H,5,8H2,1-4H3. The lowest BCUT2D eigenvalue weighted by Gasteiger charge is -2.23. The number of carbonyl (C=O) groups excluding carboxylic acids is 1. The van der Waals surface area contributed by atoms with E-state index in [0.29, 0.717) is 11.2 Å². The Morgan fingerprint density at radius 1 is 1.52 bits per heavy atom. The van der Waals surface area contributed by atoms with E-state index in [1.807, 2.05) is 26.8 Å². The number of aromatic nitrogens is 3. The van der Waals surface area contributed by atoms with Crippen molar-refractivity contribution < 1.29 is 14.6 Å². The van der Waals surface area contributed by atoms with E-state index in [-0.39, 0.29) is 13.0 Å². The molecule has 1 unspecified atom stereocenters. The molecule has 0 aromatic carbocycles. The van der Waals surface area contributed by atoms with Crippen molar-refractivity contribution in [3.05, 3.63) is 29.2 Å². The van der Waals surface area contributed by atoms with Crippen LogP contribution in [0.15, 0.2) is 12.3 Å². The lowest BCUT2D eigenvalue weighted by Crippen LogP contribution is -2.36. The van der Waals surface area contributed by atoms with Gasteiger partial charge in [0.15, 0.2) is 11.2 Å². The molecule has 1 N–H and O–H groups in total. The summed E-state index contributed by atoms with van der Waals surface area (Å²) in [6, 6.07) is 1.87. The van der Waals surface area contributed by atoms with Crippen molar-refractivity contribution in [1.29, 1.82) is 0 Å². The zero-order valence-electron chi connectivity index (χ0n) is 12.7. The molecule has 1 aliphatic rings. The summed E-state index contributed by atoms with van der Waals surface area (Å²) in [4.78, 5) is 16.5. The Morgan fingerprint density at radius 3 is 2.90 bits per heavy atom. The van der Waals surface area contributed by atoms with Gasteiger partial charge in [0.05, 0.1) is 18.0 Å². The topological polar surface area (TPSA) is 76.7 Å². The van der Waals surface area contributed by atoms with Crippen LogP contribution in [0.25, 0.3) is 5.65 Å². The van der Waals surface area contributed by atoms with Gasteiger partial charge in [-0.3, -0.25) is 0 Å². The number of rotatable bonds is 2. The second-order valence-electron chi connectivity index (χ2n) is 6.22. The van der Waals surface area contributed by atoms with Crippen molar-refractivity contribution in [2.45, 2.75) is 45.1 Å². The van der Waals surface area contributed by atoms with Crippen LogP contribution >= 0.6 is 0 Å². The first-order valence-corrected chi connectivity index (χ1v) is 7.05. The summed E-state index contributed by atoms with van der Waals surface area (Å²) in [5.41, 5.74) is 0.801. The number of carbonyl (C=O) groups is 1. The highest BCUT2D eigenvalue weighted by Gasteiger charge is 2.54. The predicted molar refractivity (Wildman–Crippen MR) is 75.9 cm³/mol. The van der Waals surface area contributed by atoms with Crippen LogP contribution in [0.5, 0.6) is 0 Å². The van der Waals surface area contributed by atoms with E-state index in [2.05, 4.69) is 10.1 Å². The fourth-order valence-electron chi connectivity index (χ4n) is 3.25. The summed E-state index contributed by atoms with van der Waals surface area (Å²) in [7, 11) is 0. The van der Waals surface area contributed by atoms with Crippen molar-refractivity contribution >= 4 is 11.6 Å². The second-order valence-corrected chi connectivity index (χ2v) is 6.22. The molecule has 6 heteroatoms. The largest absolute Gasteiger partial charge is 0.464 e. The van der Waals surface area contributed by atoms with Crippen LogP contribution in [-0.2, 0) is 20.5 Å². The Morgan fingerprint density at radius 2 is 2.24 bits per heavy atom. The SMILES string of the molecule is CCOC(=O)C1(O)CC(C)(C)c2c1cnc1cc(C)nn21. The van der Waals surface area contributed by atoms with Gasteiger partial charge in [-0.05, 0) is 13.8 Å². The fourth-order valence-corrected chi connectivity index (χ4v) is 3.25. The molecule has 0 bridgehead atoms. The van der Waals surface area contributed by atoms with Gasteiger partial charge in [-0.15, -0.1) is 0 Å². The molecule has 0 saturated carbocycles. The Bertz CT molecular complexity index is 735. The molecule has 6 nitrogen and oxygen atoms in total. The highest BCUT2D eigenvalue weighted by Crippen LogP contribution is 2.48. The highest BCUT2D eigenvalue weighted by molar-refractivity contribution is 5.83. The number of aryl methyl sites for hydroxylation is 1. The first kappa shape index (κ1) is 14.0. The number of hydrogen-bond donors (Lipinski definition) is 1. The molecule has 0 amide bonds. The Labute approximate surface area is 122 Å². The smallest absolute Gasteiger partial charge is 0.342 e. The van der Waals surface area contributed by atoms with Gasteiger partial charge in [0.25, 0.3) is 0 Å². The third kappa shape index (κ3) is 1.86. The summed E-state index contributed by atoms with van der Waals surface area (Å²) in [6.07, 6.45) is 1.82. The molecule has 2 heterocycles. The zero-order chi connectivity index (χ0) is 15.4. The van der Waals surface area contributed by atoms with Crippen molar-refractivity contribution in [2.75, 3.05) is 6.61 Å². The summed E-state index contributed by atoms with van der Waals surface area (Å²) < 4.78 is 6.77. The summed E-state index contributed by atoms with van der Waals surface area (Å²) in [6.45, 7) is 7.81. The van der Waals surface area contributed by atoms with E-state index < -0.39 is 17.0 Å². The average molecular weight is 289 g/mol. The quantitative estimate of drug-likeness (QED) is 0.847. The van der Waals surface area contributed by atoms with Gasteiger partial charge in [0.1, 0.15) is 0 Å². The molecule has 0 spiro atoms. The van der Waals surface area contributed by atoms with E-state index in [1.165, 1.54) is 0 Å². The van der Waals surface area contributed by atoms with Gasteiger partial charge >= 0.3 is 5.97 Å². The van der Waals surface area contributed by atoms with Crippen LogP contribution in [0.2, 0.25) is 0 Å². The van der Waals surface area contributed by atoms with Crippen LogP contribution in [-0.4, -0.2) is 32.3 Å². The minimum Gasteiger partial charge on any atom is -0.464 e. The first-order chi connectivity index (χ1) is 9.79. The number of aliphatic hydroxyl groups is 1. The maximum Gasteiger partial charge on any atom is 0.342 e. The van der Waals surface area contributed by atoms with Gasteiger partial charge in [0, 0.05) is 29.7 Å². The third-order valence-electron chi connectivity index (χ3n) is 4.00. The molecular formula is C15H19N3O3. The summed E-state index contributed by atoms with van der Waals surface area (Å²) in [5, 5.41) is 15.3. The molecule has 112 valence electrons. The Balaban J connectivity index is 2.27. The Hall–Kier alpha value is -1.95. The molecule has 2 aromatic rings. The minimum atomic E-state index is -1.66. The molecular weight excluding hydrogens is 270 g/mol. The van der Waals surface area contributed by atoms with Gasteiger partial charge in [-0.25, -0.2) is 14.3 Å². The van der Waals surface area contributed by atoms with E-state index in [1.54, 1.807) is 17.6 Å². The van der Waals surface area contributed by atoms with Gasteiger partial charge in [0.2, 0.25) is 0 Å². The van der Waals surface area contributed by atoms with Crippen LogP contribution < -0.4 is 0 Å². The molecule has 3 rings (SSSR count). The molecule has 0 aliphatic heterocycles. The van der Waals surface area contributed by atoms with E-state index in [9.17, 15) is 9.90 Å². The summed E-state index contributed by atoms with van der Waals surface area (Å²) in [5.74, 6) is -0.623. The summed E-state index contributed by atoms with van der Waals surface area (Å²) >= 11 is 0. The van der Waals surface area contributed by atoms with Crippen molar-refractivity contribution in [2.24, 2.45) is 0 Å². The van der Waals surface area contributed by atoms with Crippen LogP contribution in [0.4, 0.5) is 0 Å². The average Bonchev–Trinajstić information content (AvgIpc) is 2.85. The van der Waals surface area contributed by atoms with Crippen molar-refractivity contribution in [3.63, 3.8) is 0 Å². The second kappa shape index (κ2) is 4.27. The number of hydrogen-bond acceptors (Lipinski definition) is 5.